The SMILES string of the molecule is [2H]c1c([2H])c([2H])c(-c2ccc3c(c2)oc2ccc(-c4c5ccccc5c(-c5cccc(-c6ccccc6)c5)c5ccccc45)cc23)c([2H])c1[2H]. The van der Waals surface area contributed by atoms with E-state index < -0.39 is 6.04 Å². The molecule has 0 bridgehead atoms. The number of fused-ring (bicyclic) bond motifs is 5. The first-order valence-electron chi connectivity index (χ1n) is 17.5. The van der Waals surface area contributed by atoms with E-state index in [4.69, 9.17) is 11.3 Å². The smallest absolute Gasteiger partial charge is 0.136 e. The summed E-state index contributed by atoms with van der Waals surface area (Å²) in [7, 11) is 0. The molecule has 0 saturated carbocycles. The molecule has 0 fully saturated rings. The summed E-state index contributed by atoms with van der Waals surface area (Å²) in [6.45, 7) is 0. The van der Waals surface area contributed by atoms with Gasteiger partial charge in [0.05, 0.1) is 6.85 Å². The van der Waals surface area contributed by atoms with Crippen LogP contribution in [0.15, 0.2) is 174 Å². The third-order valence-electron chi connectivity index (χ3n) is 8.74. The molecule has 0 radical (unpaired) electrons. The first-order chi connectivity index (χ1) is 24.4. The molecule has 210 valence electrons. The van der Waals surface area contributed by atoms with Gasteiger partial charge in [-0.3, -0.25) is 0 Å². The van der Waals surface area contributed by atoms with Crippen LogP contribution >= 0.6 is 0 Å². The lowest BCUT2D eigenvalue weighted by Gasteiger charge is -2.18. The van der Waals surface area contributed by atoms with Crippen molar-refractivity contribution in [2.24, 2.45) is 0 Å². The van der Waals surface area contributed by atoms with Crippen molar-refractivity contribution >= 4 is 43.5 Å². The van der Waals surface area contributed by atoms with E-state index in [1.165, 1.54) is 27.5 Å². The van der Waals surface area contributed by atoms with Gasteiger partial charge in [-0.2, -0.15) is 0 Å². The average molecular weight is 578 g/mol. The lowest BCUT2D eigenvalue weighted by Crippen LogP contribution is -1.91. The second-order valence-electron chi connectivity index (χ2n) is 11.3. The zero-order valence-corrected chi connectivity index (χ0v) is 24.2. The van der Waals surface area contributed by atoms with Gasteiger partial charge < -0.3 is 4.42 Å². The van der Waals surface area contributed by atoms with Crippen molar-refractivity contribution in [2.75, 3.05) is 0 Å². The summed E-state index contributed by atoms with van der Waals surface area (Å²) in [5, 5.41) is 6.49. The van der Waals surface area contributed by atoms with Gasteiger partial charge in [0.1, 0.15) is 11.2 Å². The zero-order chi connectivity index (χ0) is 34.1. The molecule has 1 aromatic heterocycles. The molecular formula is C44H28O. The van der Waals surface area contributed by atoms with Crippen LogP contribution in [0.25, 0.3) is 88.0 Å². The minimum Gasteiger partial charge on any atom is -0.456 e. The molecule has 0 N–H and O–H groups in total. The van der Waals surface area contributed by atoms with E-state index in [1.807, 2.05) is 18.2 Å². The molecule has 0 aliphatic heterocycles. The van der Waals surface area contributed by atoms with Gasteiger partial charge in [0.2, 0.25) is 0 Å². The fraction of sp³-hybridized carbons (Fsp3) is 0. The maximum Gasteiger partial charge on any atom is 0.136 e. The Hall–Kier alpha value is -5.92. The van der Waals surface area contributed by atoms with Crippen molar-refractivity contribution in [3.8, 4) is 44.5 Å². The van der Waals surface area contributed by atoms with Gasteiger partial charge in [-0.1, -0.05) is 139 Å². The van der Waals surface area contributed by atoms with Crippen molar-refractivity contribution < 1.29 is 11.3 Å². The van der Waals surface area contributed by atoms with Crippen LogP contribution in [0.5, 0.6) is 0 Å². The Balaban J connectivity index is 1.24. The summed E-state index contributed by atoms with van der Waals surface area (Å²) in [5.74, 6) is 0. The molecule has 0 saturated heterocycles. The monoisotopic (exact) mass is 577 g/mol. The highest BCUT2D eigenvalue weighted by molar-refractivity contribution is 6.22. The molecule has 0 unspecified atom stereocenters. The number of furan rings is 1. The fourth-order valence-corrected chi connectivity index (χ4v) is 6.72. The predicted octanol–water partition coefficient (Wildman–Crippen LogP) is 12.6. The molecular weight excluding hydrogens is 544 g/mol. The summed E-state index contributed by atoms with van der Waals surface area (Å²) < 4.78 is 47.5. The normalized spacial score (nSPS) is 13.1. The van der Waals surface area contributed by atoms with Crippen molar-refractivity contribution in [1.29, 1.82) is 0 Å². The fourth-order valence-electron chi connectivity index (χ4n) is 6.72. The highest BCUT2D eigenvalue weighted by atomic mass is 16.3. The van der Waals surface area contributed by atoms with Crippen LogP contribution in [0, 0.1) is 0 Å². The summed E-state index contributed by atoms with van der Waals surface area (Å²) in [4.78, 5) is 0. The summed E-state index contributed by atoms with van der Waals surface area (Å²) >= 11 is 0. The zero-order valence-electron chi connectivity index (χ0n) is 29.2. The van der Waals surface area contributed by atoms with E-state index in [0.29, 0.717) is 16.7 Å². The average Bonchev–Trinajstić information content (AvgIpc) is 3.53. The first-order valence-corrected chi connectivity index (χ1v) is 15.0. The molecule has 45 heavy (non-hydrogen) atoms. The number of hydrogen-bond acceptors (Lipinski definition) is 1. The van der Waals surface area contributed by atoms with Crippen molar-refractivity contribution in [3.05, 3.63) is 170 Å². The second-order valence-corrected chi connectivity index (χ2v) is 11.3. The number of rotatable bonds is 4. The number of benzene rings is 8. The molecule has 9 rings (SSSR count). The van der Waals surface area contributed by atoms with Crippen molar-refractivity contribution in [3.63, 3.8) is 0 Å². The molecule has 1 heteroatoms. The lowest BCUT2D eigenvalue weighted by molar-refractivity contribution is 0.669. The van der Waals surface area contributed by atoms with Gasteiger partial charge in [0.25, 0.3) is 0 Å². The summed E-state index contributed by atoms with van der Waals surface area (Å²) in [6, 6.07) is 46.6. The van der Waals surface area contributed by atoms with E-state index >= 15 is 0 Å². The molecule has 0 aliphatic rings. The Kier molecular flexibility index (Phi) is 4.81. The Morgan fingerprint density at radius 3 is 1.58 bits per heavy atom. The first kappa shape index (κ1) is 20.9. The standard InChI is InChI=1S/C44H28O/c1-3-12-29(13-4-1)31-16-11-17-33(26-31)43-36-18-7-9-20-38(36)44(39-21-10-8-19-37(39)43)34-23-25-41-40(27-34)35-24-22-32(28-42(35)45-41)30-14-5-2-6-15-30/h1-28H/i2D,5D,6D,14D,15D. The minimum absolute atomic E-state index is 0.159. The molecule has 0 atom stereocenters. The molecule has 0 amide bonds. The van der Waals surface area contributed by atoms with Crippen LogP contribution in [-0.2, 0) is 0 Å². The highest BCUT2D eigenvalue weighted by Crippen LogP contribution is 2.45. The van der Waals surface area contributed by atoms with E-state index in [2.05, 4.69) is 109 Å². The molecule has 9 aromatic rings. The Morgan fingerprint density at radius 2 is 0.889 bits per heavy atom. The largest absolute Gasteiger partial charge is 0.456 e. The predicted molar refractivity (Wildman–Crippen MR) is 190 cm³/mol. The topological polar surface area (TPSA) is 13.1 Å². The Labute approximate surface area is 268 Å². The van der Waals surface area contributed by atoms with Gasteiger partial charge in [0, 0.05) is 10.8 Å². The van der Waals surface area contributed by atoms with Crippen LogP contribution in [-0.4, -0.2) is 0 Å². The molecule has 0 spiro atoms. The van der Waals surface area contributed by atoms with Crippen LogP contribution < -0.4 is 0 Å². The quantitative estimate of drug-likeness (QED) is 0.190. The van der Waals surface area contributed by atoms with Gasteiger partial charge >= 0.3 is 0 Å². The van der Waals surface area contributed by atoms with Gasteiger partial charge in [0.15, 0.2) is 0 Å². The van der Waals surface area contributed by atoms with Crippen molar-refractivity contribution in [1.82, 2.24) is 0 Å². The molecule has 0 aliphatic carbocycles. The maximum atomic E-state index is 8.46. The van der Waals surface area contributed by atoms with E-state index in [1.54, 1.807) is 12.1 Å². The molecule has 8 aromatic carbocycles. The highest BCUT2D eigenvalue weighted by Gasteiger charge is 2.18. The lowest BCUT2D eigenvalue weighted by atomic mass is 9.85. The maximum absolute atomic E-state index is 8.46. The van der Waals surface area contributed by atoms with Crippen molar-refractivity contribution in [2.45, 2.75) is 0 Å². The Bertz CT molecular complexity index is 2730. The minimum atomic E-state index is -0.408. The third kappa shape index (κ3) is 4.24. The second kappa shape index (κ2) is 10.4. The summed E-state index contributed by atoms with van der Waals surface area (Å²) in [6.07, 6.45) is 0. The van der Waals surface area contributed by atoms with Gasteiger partial charge in [-0.25, -0.2) is 0 Å². The van der Waals surface area contributed by atoms with Crippen LogP contribution in [0.1, 0.15) is 6.85 Å². The number of hydrogen-bond donors (Lipinski definition) is 0. The summed E-state index contributed by atoms with van der Waals surface area (Å²) in [5.41, 5.74) is 8.90. The van der Waals surface area contributed by atoms with E-state index in [0.717, 1.165) is 38.2 Å². The van der Waals surface area contributed by atoms with Crippen LogP contribution in [0.4, 0.5) is 0 Å². The van der Waals surface area contributed by atoms with E-state index in [9.17, 15) is 0 Å². The van der Waals surface area contributed by atoms with Crippen LogP contribution in [0.3, 0.4) is 0 Å². The van der Waals surface area contributed by atoms with Crippen LogP contribution in [0.2, 0.25) is 0 Å². The van der Waals surface area contributed by atoms with Gasteiger partial charge in [-0.05, 0) is 96.4 Å². The van der Waals surface area contributed by atoms with E-state index in [-0.39, 0.29) is 29.7 Å². The Morgan fingerprint density at radius 1 is 0.333 bits per heavy atom. The van der Waals surface area contributed by atoms with Gasteiger partial charge in [-0.15, -0.1) is 0 Å². The molecule has 1 nitrogen and oxygen atoms in total. The molecule has 1 heterocycles. The third-order valence-corrected chi connectivity index (χ3v) is 8.74.